The summed E-state index contributed by atoms with van der Waals surface area (Å²) in [5.74, 6) is 0.468. The smallest absolute Gasteiger partial charge is 0.355 e. The fourth-order valence-corrected chi connectivity index (χ4v) is 3.29. The predicted molar refractivity (Wildman–Crippen MR) is 81.8 cm³/mol. The SMILES string of the molecule is COC(=O)c1c(SC(C)C)c2cc(OC)ccc2n1C. The van der Waals surface area contributed by atoms with Crippen molar-refractivity contribution in [2.45, 2.75) is 24.0 Å². The highest BCUT2D eigenvalue weighted by Gasteiger charge is 2.23. The maximum absolute atomic E-state index is 12.1. The minimum absolute atomic E-state index is 0.314. The maximum Gasteiger partial charge on any atom is 0.355 e. The molecular formula is C15H19NO3S. The average molecular weight is 293 g/mol. The fraction of sp³-hybridized carbons (Fsp3) is 0.400. The van der Waals surface area contributed by atoms with E-state index in [0.717, 1.165) is 21.5 Å². The van der Waals surface area contributed by atoms with E-state index in [2.05, 4.69) is 13.8 Å². The number of carbonyl (C=O) groups excluding carboxylic acids is 1. The number of nitrogens with zero attached hydrogens (tertiary/aromatic N) is 1. The average Bonchev–Trinajstić information content (AvgIpc) is 2.70. The summed E-state index contributed by atoms with van der Waals surface area (Å²) in [5.41, 5.74) is 1.59. The molecule has 0 unspecified atom stereocenters. The number of carbonyl (C=O) groups is 1. The molecule has 1 heterocycles. The van der Waals surface area contributed by atoms with Crippen LogP contribution < -0.4 is 4.74 Å². The lowest BCUT2D eigenvalue weighted by Crippen LogP contribution is -2.09. The van der Waals surface area contributed by atoms with Gasteiger partial charge in [-0.15, -0.1) is 11.8 Å². The zero-order chi connectivity index (χ0) is 14.9. The first-order valence-electron chi connectivity index (χ1n) is 6.41. The Morgan fingerprint density at radius 1 is 1.30 bits per heavy atom. The lowest BCUT2D eigenvalue weighted by atomic mass is 10.2. The normalized spacial score (nSPS) is 11.1. The fourth-order valence-electron chi connectivity index (χ4n) is 2.20. The van der Waals surface area contributed by atoms with Crippen LogP contribution in [0.3, 0.4) is 0 Å². The quantitative estimate of drug-likeness (QED) is 0.639. The molecule has 1 aromatic carbocycles. The number of hydrogen-bond donors (Lipinski definition) is 0. The van der Waals surface area contributed by atoms with Gasteiger partial charge < -0.3 is 14.0 Å². The van der Waals surface area contributed by atoms with Crippen molar-refractivity contribution >= 4 is 28.6 Å². The summed E-state index contributed by atoms with van der Waals surface area (Å²) in [6.07, 6.45) is 0. The van der Waals surface area contributed by atoms with Crippen LogP contribution in [0.4, 0.5) is 0 Å². The molecule has 2 aromatic rings. The Morgan fingerprint density at radius 2 is 2.00 bits per heavy atom. The van der Waals surface area contributed by atoms with Crippen LogP contribution in [-0.2, 0) is 11.8 Å². The van der Waals surface area contributed by atoms with Crippen molar-refractivity contribution in [1.82, 2.24) is 4.57 Å². The van der Waals surface area contributed by atoms with Crippen LogP contribution in [0.5, 0.6) is 5.75 Å². The summed E-state index contributed by atoms with van der Waals surface area (Å²) in [4.78, 5) is 13.0. The van der Waals surface area contributed by atoms with Gasteiger partial charge in [-0.05, 0) is 18.2 Å². The van der Waals surface area contributed by atoms with Crippen LogP contribution >= 0.6 is 11.8 Å². The van der Waals surface area contributed by atoms with E-state index in [9.17, 15) is 4.79 Å². The van der Waals surface area contributed by atoms with Gasteiger partial charge in [0.15, 0.2) is 0 Å². The number of aromatic nitrogens is 1. The van der Waals surface area contributed by atoms with Crippen molar-refractivity contribution in [3.05, 3.63) is 23.9 Å². The Hall–Kier alpha value is -1.62. The summed E-state index contributed by atoms with van der Waals surface area (Å²) in [7, 11) is 4.93. The highest BCUT2D eigenvalue weighted by molar-refractivity contribution is 8.00. The van der Waals surface area contributed by atoms with Gasteiger partial charge in [0.25, 0.3) is 0 Å². The molecule has 4 nitrogen and oxygen atoms in total. The summed E-state index contributed by atoms with van der Waals surface area (Å²) in [6.45, 7) is 4.20. The van der Waals surface area contributed by atoms with Crippen molar-refractivity contribution in [2.75, 3.05) is 14.2 Å². The number of fused-ring (bicyclic) bond motifs is 1. The van der Waals surface area contributed by atoms with Crippen molar-refractivity contribution in [2.24, 2.45) is 7.05 Å². The third kappa shape index (κ3) is 2.50. The summed E-state index contributed by atoms with van der Waals surface area (Å²) in [5, 5.41) is 1.39. The van der Waals surface area contributed by atoms with Crippen LogP contribution in [0, 0.1) is 0 Å². The van der Waals surface area contributed by atoms with Crippen LogP contribution in [0.2, 0.25) is 0 Å². The third-order valence-corrected chi connectivity index (χ3v) is 4.21. The molecule has 0 amide bonds. The first-order valence-corrected chi connectivity index (χ1v) is 7.29. The van der Waals surface area contributed by atoms with Crippen LogP contribution in [0.25, 0.3) is 10.9 Å². The molecule has 2 rings (SSSR count). The largest absolute Gasteiger partial charge is 0.497 e. The molecule has 20 heavy (non-hydrogen) atoms. The molecule has 5 heteroatoms. The second kappa shape index (κ2) is 5.79. The molecule has 0 aliphatic carbocycles. The molecule has 0 aliphatic rings. The van der Waals surface area contributed by atoms with Crippen LogP contribution in [-0.4, -0.2) is 30.0 Å². The van der Waals surface area contributed by atoms with E-state index in [1.165, 1.54) is 7.11 Å². The van der Waals surface area contributed by atoms with Gasteiger partial charge in [0.2, 0.25) is 0 Å². The van der Waals surface area contributed by atoms with E-state index in [1.54, 1.807) is 18.9 Å². The topological polar surface area (TPSA) is 40.5 Å². The van der Waals surface area contributed by atoms with Gasteiger partial charge >= 0.3 is 5.97 Å². The molecule has 108 valence electrons. The van der Waals surface area contributed by atoms with Crippen molar-refractivity contribution < 1.29 is 14.3 Å². The second-order valence-corrected chi connectivity index (χ2v) is 6.36. The Balaban J connectivity index is 2.75. The molecule has 0 N–H and O–H groups in total. The van der Waals surface area contributed by atoms with E-state index < -0.39 is 0 Å². The Kier molecular flexibility index (Phi) is 4.28. The molecule has 0 saturated carbocycles. The molecule has 0 spiro atoms. The number of esters is 1. The van der Waals surface area contributed by atoms with Crippen LogP contribution in [0.15, 0.2) is 23.1 Å². The minimum atomic E-state index is -0.314. The Labute approximate surface area is 123 Å². The minimum Gasteiger partial charge on any atom is -0.497 e. The van der Waals surface area contributed by atoms with Crippen LogP contribution in [0.1, 0.15) is 24.3 Å². The molecule has 0 aliphatic heterocycles. The molecular weight excluding hydrogens is 274 g/mol. The molecule has 0 saturated heterocycles. The number of ether oxygens (including phenoxy) is 2. The molecule has 0 radical (unpaired) electrons. The molecule has 0 atom stereocenters. The van der Waals surface area contributed by atoms with E-state index in [1.807, 2.05) is 29.8 Å². The molecule has 0 fully saturated rings. The number of benzene rings is 1. The van der Waals surface area contributed by atoms with Gasteiger partial charge in [-0.25, -0.2) is 4.79 Å². The van der Waals surface area contributed by atoms with Gasteiger partial charge in [-0.1, -0.05) is 13.8 Å². The number of thioether (sulfide) groups is 1. The summed E-state index contributed by atoms with van der Waals surface area (Å²) in [6, 6.07) is 5.82. The first-order chi connectivity index (χ1) is 9.49. The van der Waals surface area contributed by atoms with Gasteiger partial charge in [-0.3, -0.25) is 0 Å². The van der Waals surface area contributed by atoms with Crippen molar-refractivity contribution in [3.63, 3.8) is 0 Å². The number of aryl methyl sites for hydroxylation is 1. The standard InChI is InChI=1S/C15H19NO3S/c1-9(2)20-14-11-8-10(18-4)6-7-12(11)16(3)13(14)15(17)19-5/h6-9H,1-5H3. The maximum atomic E-state index is 12.1. The Morgan fingerprint density at radius 3 is 2.55 bits per heavy atom. The number of hydrogen-bond acceptors (Lipinski definition) is 4. The lowest BCUT2D eigenvalue weighted by molar-refractivity contribution is 0.0586. The van der Waals surface area contributed by atoms with Gasteiger partial charge in [0, 0.05) is 28.1 Å². The number of methoxy groups -OCH3 is 2. The van der Waals surface area contributed by atoms with Gasteiger partial charge in [0.1, 0.15) is 11.4 Å². The van der Waals surface area contributed by atoms with Crippen molar-refractivity contribution in [3.8, 4) is 5.75 Å². The summed E-state index contributed by atoms with van der Waals surface area (Å²) < 4.78 is 12.1. The highest BCUT2D eigenvalue weighted by atomic mass is 32.2. The lowest BCUT2D eigenvalue weighted by Gasteiger charge is -2.07. The monoisotopic (exact) mass is 293 g/mol. The third-order valence-electron chi connectivity index (χ3n) is 3.09. The van der Waals surface area contributed by atoms with E-state index in [-0.39, 0.29) is 5.97 Å². The first kappa shape index (κ1) is 14.8. The van der Waals surface area contributed by atoms with Gasteiger partial charge in [0.05, 0.1) is 14.2 Å². The van der Waals surface area contributed by atoms with Crippen molar-refractivity contribution in [1.29, 1.82) is 0 Å². The molecule has 1 aromatic heterocycles. The zero-order valence-corrected chi connectivity index (χ0v) is 13.2. The van der Waals surface area contributed by atoms with E-state index >= 15 is 0 Å². The second-order valence-electron chi connectivity index (χ2n) is 4.78. The molecule has 0 bridgehead atoms. The highest BCUT2D eigenvalue weighted by Crippen LogP contribution is 2.37. The van der Waals surface area contributed by atoms with Gasteiger partial charge in [-0.2, -0.15) is 0 Å². The Bertz CT molecular complexity index is 646. The van der Waals surface area contributed by atoms with E-state index in [0.29, 0.717) is 10.9 Å². The van der Waals surface area contributed by atoms with E-state index in [4.69, 9.17) is 9.47 Å². The zero-order valence-electron chi connectivity index (χ0n) is 12.4. The predicted octanol–water partition coefficient (Wildman–Crippen LogP) is 3.47. The number of rotatable bonds is 4. The summed E-state index contributed by atoms with van der Waals surface area (Å²) >= 11 is 1.66.